The van der Waals surface area contributed by atoms with Crippen molar-refractivity contribution >= 4 is 32.3 Å². The van der Waals surface area contributed by atoms with Crippen LogP contribution in [0.1, 0.15) is 17.5 Å². The lowest BCUT2D eigenvalue weighted by atomic mass is 9.89. The smallest absolute Gasteiger partial charge is 0.0991 e. The Morgan fingerprint density at radius 2 is 1.48 bits per heavy atom. The molecule has 0 aromatic heterocycles. The molecule has 0 spiro atoms. The van der Waals surface area contributed by atoms with E-state index in [4.69, 9.17) is 0 Å². The van der Waals surface area contributed by atoms with E-state index in [9.17, 15) is 5.26 Å². The highest BCUT2D eigenvalue weighted by Crippen LogP contribution is 2.36. The lowest BCUT2D eigenvalue weighted by Gasteiger charge is -2.15. The first-order valence-corrected chi connectivity index (χ1v) is 9.44. The highest BCUT2D eigenvalue weighted by Gasteiger charge is 2.12. The molecule has 128 valence electrons. The van der Waals surface area contributed by atoms with Gasteiger partial charge >= 0.3 is 0 Å². The third-order valence-electron chi connectivity index (χ3n) is 5.60. The Kier molecular flexibility index (Phi) is 3.77. The largest absolute Gasteiger partial charge is 0.192 e. The van der Waals surface area contributed by atoms with Gasteiger partial charge in [-0.25, -0.2) is 0 Å². The zero-order chi connectivity index (χ0) is 18.2. The lowest BCUT2D eigenvalue weighted by molar-refractivity contribution is 0.654. The van der Waals surface area contributed by atoms with Gasteiger partial charge in [-0.1, -0.05) is 72.8 Å². The molecule has 0 heterocycles. The minimum Gasteiger partial charge on any atom is -0.192 e. The van der Waals surface area contributed by atoms with E-state index in [1.165, 1.54) is 32.5 Å². The quantitative estimate of drug-likeness (QED) is 0.371. The van der Waals surface area contributed by atoms with Crippen molar-refractivity contribution in [3.05, 3.63) is 96.1 Å². The average molecular weight is 345 g/mol. The summed E-state index contributed by atoms with van der Waals surface area (Å²) >= 11 is 0. The molecule has 0 fully saturated rings. The van der Waals surface area contributed by atoms with Gasteiger partial charge in [0.25, 0.3) is 0 Å². The summed E-state index contributed by atoms with van der Waals surface area (Å²) in [5.74, 6) is 0.573. The summed E-state index contributed by atoms with van der Waals surface area (Å²) in [7, 11) is 0. The molecule has 4 aromatic carbocycles. The maximum absolute atomic E-state index is 9.35. The summed E-state index contributed by atoms with van der Waals surface area (Å²) in [4.78, 5) is 0. The predicted octanol–water partition coefficient (Wildman–Crippen LogP) is 6.69. The van der Waals surface area contributed by atoms with Crippen molar-refractivity contribution in [1.82, 2.24) is 0 Å². The number of nitrogens with zero attached hydrogens (tertiary/aromatic N) is 1. The fourth-order valence-electron chi connectivity index (χ4n) is 4.29. The Morgan fingerprint density at radius 1 is 0.778 bits per heavy atom. The maximum Gasteiger partial charge on any atom is 0.0991 e. The first-order valence-electron chi connectivity index (χ1n) is 9.44. The monoisotopic (exact) mass is 345 g/mol. The second-order valence-corrected chi connectivity index (χ2v) is 7.31. The fraction of sp³-hybridized carbons (Fsp3) is 0.115. The molecule has 0 N–H and O–H groups in total. The second-order valence-electron chi connectivity index (χ2n) is 7.31. The topological polar surface area (TPSA) is 23.8 Å². The molecule has 0 radical (unpaired) electrons. The van der Waals surface area contributed by atoms with Crippen LogP contribution in [0.5, 0.6) is 0 Å². The standard InChI is InChI=1S/C26H19N/c27-17-20-11-13-23-21-8-4-5-9-22(21)25-15-19(10-12-24(25)26(23)16-20)14-18-6-2-1-3-7-18/h1-6,8-13,15-16,18H,7,14H2. The van der Waals surface area contributed by atoms with Gasteiger partial charge in [-0.15, -0.1) is 0 Å². The van der Waals surface area contributed by atoms with Gasteiger partial charge in [0.15, 0.2) is 0 Å². The van der Waals surface area contributed by atoms with E-state index in [0.29, 0.717) is 11.5 Å². The van der Waals surface area contributed by atoms with Gasteiger partial charge in [0.1, 0.15) is 0 Å². The van der Waals surface area contributed by atoms with E-state index in [0.717, 1.165) is 18.2 Å². The first kappa shape index (κ1) is 15.9. The SMILES string of the molecule is N#Cc1ccc2c3ccccc3c3cc(CC4C=CC=CC4)ccc3c2c1. The molecule has 1 unspecified atom stereocenters. The molecule has 1 aliphatic rings. The van der Waals surface area contributed by atoms with Gasteiger partial charge in [-0.3, -0.25) is 0 Å². The first-order chi connectivity index (χ1) is 13.3. The van der Waals surface area contributed by atoms with Gasteiger partial charge in [-0.2, -0.15) is 5.26 Å². The van der Waals surface area contributed by atoms with Crippen molar-refractivity contribution in [2.24, 2.45) is 5.92 Å². The number of rotatable bonds is 2. The van der Waals surface area contributed by atoms with Crippen molar-refractivity contribution in [2.45, 2.75) is 12.8 Å². The van der Waals surface area contributed by atoms with Crippen LogP contribution in [-0.4, -0.2) is 0 Å². The highest BCUT2D eigenvalue weighted by molar-refractivity contribution is 6.25. The molecule has 5 rings (SSSR count). The Bertz CT molecular complexity index is 1280. The molecule has 0 bridgehead atoms. The third kappa shape index (κ3) is 2.71. The summed E-state index contributed by atoms with van der Waals surface area (Å²) in [5.41, 5.74) is 2.08. The van der Waals surface area contributed by atoms with E-state index in [2.05, 4.69) is 78.9 Å². The van der Waals surface area contributed by atoms with E-state index in [1.807, 2.05) is 12.1 Å². The highest BCUT2D eigenvalue weighted by atomic mass is 14.2. The molecular weight excluding hydrogens is 326 g/mol. The minimum absolute atomic E-state index is 0.573. The molecule has 27 heavy (non-hydrogen) atoms. The Labute approximate surface area is 158 Å². The normalized spacial score (nSPS) is 16.2. The zero-order valence-electron chi connectivity index (χ0n) is 15.0. The molecule has 1 atom stereocenters. The number of hydrogen-bond donors (Lipinski definition) is 0. The molecule has 0 aliphatic heterocycles. The van der Waals surface area contributed by atoms with Crippen LogP contribution in [0.25, 0.3) is 32.3 Å². The van der Waals surface area contributed by atoms with Crippen LogP contribution in [0.3, 0.4) is 0 Å². The zero-order valence-corrected chi connectivity index (χ0v) is 15.0. The summed E-state index contributed by atoms with van der Waals surface area (Å²) < 4.78 is 0. The number of hydrogen-bond acceptors (Lipinski definition) is 1. The lowest BCUT2D eigenvalue weighted by Crippen LogP contribution is -2.02. The number of fused-ring (bicyclic) bond motifs is 6. The molecule has 1 aliphatic carbocycles. The average Bonchev–Trinajstić information content (AvgIpc) is 2.74. The predicted molar refractivity (Wildman–Crippen MR) is 114 cm³/mol. The van der Waals surface area contributed by atoms with E-state index in [1.54, 1.807) is 0 Å². The maximum atomic E-state index is 9.35. The Morgan fingerprint density at radius 3 is 2.26 bits per heavy atom. The van der Waals surface area contributed by atoms with E-state index in [-0.39, 0.29) is 0 Å². The van der Waals surface area contributed by atoms with Crippen LogP contribution in [0.2, 0.25) is 0 Å². The second kappa shape index (κ2) is 6.41. The van der Waals surface area contributed by atoms with Crippen molar-refractivity contribution in [3.8, 4) is 6.07 Å². The van der Waals surface area contributed by atoms with Crippen LogP contribution in [-0.2, 0) is 6.42 Å². The van der Waals surface area contributed by atoms with E-state index < -0.39 is 0 Å². The molecule has 0 amide bonds. The van der Waals surface area contributed by atoms with Crippen LogP contribution >= 0.6 is 0 Å². The van der Waals surface area contributed by atoms with Crippen molar-refractivity contribution in [3.63, 3.8) is 0 Å². The summed E-state index contributed by atoms with van der Waals surface area (Å²) in [6.07, 6.45) is 11.0. The van der Waals surface area contributed by atoms with Gasteiger partial charge in [0, 0.05) is 0 Å². The fourth-order valence-corrected chi connectivity index (χ4v) is 4.29. The van der Waals surface area contributed by atoms with Gasteiger partial charge in [0.2, 0.25) is 0 Å². The molecular formula is C26H19N. The summed E-state index contributed by atoms with van der Waals surface area (Å²) in [6.45, 7) is 0. The number of allylic oxidation sites excluding steroid dienone is 4. The molecule has 4 aromatic rings. The van der Waals surface area contributed by atoms with Crippen LogP contribution in [0, 0.1) is 17.2 Å². The van der Waals surface area contributed by atoms with Crippen LogP contribution in [0.15, 0.2) is 85.0 Å². The molecule has 0 saturated heterocycles. The van der Waals surface area contributed by atoms with Crippen LogP contribution < -0.4 is 0 Å². The van der Waals surface area contributed by atoms with Crippen LogP contribution in [0.4, 0.5) is 0 Å². The number of nitriles is 1. The summed E-state index contributed by atoms with van der Waals surface area (Å²) in [5, 5.41) is 16.8. The minimum atomic E-state index is 0.573. The van der Waals surface area contributed by atoms with Crippen molar-refractivity contribution in [2.75, 3.05) is 0 Å². The third-order valence-corrected chi connectivity index (χ3v) is 5.60. The van der Waals surface area contributed by atoms with E-state index >= 15 is 0 Å². The van der Waals surface area contributed by atoms with Gasteiger partial charge in [0.05, 0.1) is 11.6 Å². The number of benzene rings is 4. The molecule has 1 nitrogen and oxygen atoms in total. The van der Waals surface area contributed by atoms with Crippen molar-refractivity contribution in [1.29, 1.82) is 5.26 Å². The molecule has 0 saturated carbocycles. The Hall–Kier alpha value is -3.37. The van der Waals surface area contributed by atoms with Gasteiger partial charge < -0.3 is 0 Å². The van der Waals surface area contributed by atoms with Crippen molar-refractivity contribution < 1.29 is 0 Å². The summed E-state index contributed by atoms with van der Waals surface area (Å²) in [6, 6.07) is 23.7. The molecule has 1 heteroatoms. The van der Waals surface area contributed by atoms with Gasteiger partial charge in [-0.05, 0) is 68.8 Å². The Balaban J connectivity index is 1.77.